The maximum Gasteiger partial charge on any atom is 0.260 e. The summed E-state index contributed by atoms with van der Waals surface area (Å²) in [6.07, 6.45) is 0.741. The largest absolute Gasteiger partial charge is 0.350 e. The Labute approximate surface area is 245 Å². The predicted molar refractivity (Wildman–Crippen MR) is 157 cm³/mol. The molecule has 10 nitrogen and oxygen atoms in total. The highest BCUT2D eigenvalue weighted by Crippen LogP contribution is 2.29. The lowest BCUT2D eigenvalue weighted by molar-refractivity contribution is 0.254. The van der Waals surface area contributed by atoms with Gasteiger partial charge in [-0.25, -0.2) is 26.6 Å². The number of alkyl halides is 1. The van der Waals surface area contributed by atoms with Gasteiger partial charge in [0, 0.05) is 48.7 Å². The molecule has 0 amide bonds. The second-order valence-corrected chi connectivity index (χ2v) is 12.3. The number of rotatable bonds is 8. The molecule has 0 radical (unpaired) electrons. The van der Waals surface area contributed by atoms with E-state index in [4.69, 9.17) is 5.26 Å². The smallest absolute Gasteiger partial charge is 0.260 e. The van der Waals surface area contributed by atoms with E-state index in [9.17, 15) is 17.6 Å². The lowest BCUT2D eigenvalue weighted by atomic mass is 10.0. The number of nitrogens with one attached hydrogen (secondary N) is 3. The van der Waals surface area contributed by atoms with E-state index in [0.717, 1.165) is 12.1 Å². The van der Waals surface area contributed by atoms with Gasteiger partial charge >= 0.3 is 0 Å². The Bertz CT molecular complexity index is 1870. The van der Waals surface area contributed by atoms with E-state index in [1.807, 2.05) is 10.8 Å². The molecule has 224 valence electrons. The highest BCUT2D eigenvalue weighted by Gasteiger charge is 2.24. The van der Waals surface area contributed by atoms with Crippen molar-refractivity contribution in [1.82, 2.24) is 19.9 Å². The van der Waals surface area contributed by atoms with Crippen molar-refractivity contribution in [3.8, 4) is 17.2 Å². The zero-order valence-electron chi connectivity index (χ0n) is 23.2. The van der Waals surface area contributed by atoms with Crippen LogP contribution in [0.15, 0.2) is 53.5 Å². The summed E-state index contributed by atoms with van der Waals surface area (Å²) in [5.41, 5.74) is -0.643. The van der Waals surface area contributed by atoms with Crippen LogP contribution in [0.3, 0.4) is 0 Å². The Balaban J connectivity index is 1.46. The summed E-state index contributed by atoms with van der Waals surface area (Å²) in [5.74, 6) is -2.79. The van der Waals surface area contributed by atoms with E-state index >= 15 is 8.78 Å². The fraction of sp³-hybridized carbons (Fsp3) is 0.310. The average Bonchev–Trinajstić information content (AvgIpc) is 2.94. The third-order valence-electron chi connectivity index (χ3n) is 6.97. The summed E-state index contributed by atoms with van der Waals surface area (Å²) < 4.78 is 72.9. The zero-order valence-corrected chi connectivity index (χ0v) is 24.1. The van der Waals surface area contributed by atoms with E-state index in [2.05, 4.69) is 20.6 Å². The molecule has 43 heavy (non-hydrogen) atoms. The predicted octanol–water partition coefficient (Wildman–Crippen LogP) is 4.24. The van der Waals surface area contributed by atoms with Crippen molar-refractivity contribution in [1.29, 1.82) is 5.26 Å². The molecule has 14 heteroatoms. The number of fused-ring (bicyclic) bond motifs is 1. The molecule has 5 rings (SSSR count). The van der Waals surface area contributed by atoms with Crippen molar-refractivity contribution in [3.05, 3.63) is 81.8 Å². The van der Waals surface area contributed by atoms with Gasteiger partial charge in [0.1, 0.15) is 17.5 Å². The highest BCUT2D eigenvalue weighted by atomic mass is 32.2. The van der Waals surface area contributed by atoms with Crippen molar-refractivity contribution < 1.29 is 21.6 Å². The Kier molecular flexibility index (Phi) is 8.38. The van der Waals surface area contributed by atoms with E-state index in [1.54, 1.807) is 13.8 Å². The second kappa shape index (κ2) is 12.0. The molecule has 1 fully saturated rings. The molecule has 4 aromatic rings. The molecule has 2 atom stereocenters. The summed E-state index contributed by atoms with van der Waals surface area (Å²) in [6.45, 7) is 4.31. The number of nitriles is 1. The number of hydrogen-bond acceptors (Lipinski definition) is 8. The lowest BCUT2D eigenvalue weighted by Crippen LogP contribution is -2.44. The highest BCUT2D eigenvalue weighted by molar-refractivity contribution is 7.91. The topological polar surface area (TPSA) is 142 Å². The molecule has 2 aromatic carbocycles. The third kappa shape index (κ3) is 6.63. The number of anilines is 2. The number of pyridine rings is 1. The Morgan fingerprint density at radius 3 is 2.47 bits per heavy atom. The standard InChI is InChI=1S/C29H28F3N7O3S/c1-16(2)39-27-20(12-35-29(37-27)36-22-10-21(30)13-34-14-22)7-23(28(39)40)19-8-24(31)26(25(32)9-19)38-43(41,42)15-18-5-3-17(11-33)4-6-18/h3-9,12,16,21-22,34,38H,10,13-15H2,1-2H3,(H,35,36,37)/t21-,22-/m0/s1. The minimum Gasteiger partial charge on any atom is -0.350 e. The van der Waals surface area contributed by atoms with Gasteiger partial charge in [0.05, 0.1) is 17.4 Å². The van der Waals surface area contributed by atoms with Gasteiger partial charge in [0.15, 0.2) is 11.6 Å². The van der Waals surface area contributed by atoms with E-state index < -0.39 is 50.9 Å². The minimum absolute atomic E-state index is 0.0351. The number of piperidine rings is 1. The van der Waals surface area contributed by atoms with Crippen molar-refractivity contribution in [2.24, 2.45) is 0 Å². The first kappa shape index (κ1) is 30.0. The van der Waals surface area contributed by atoms with Crippen LogP contribution in [-0.4, -0.2) is 48.3 Å². The van der Waals surface area contributed by atoms with Gasteiger partial charge in [0.25, 0.3) is 5.56 Å². The quantitative estimate of drug-likeness (QED) is 0.269. The molecule has 3 N–H and O–H groups in total. The average molecular weight is 612 g/mol. The summed E-state index contributed by atoms with van der Waals surface area (Å²) in [5, 5.41) is 15.4. The van der Waals surface area contributed by atoms with Crippen LogP contribution in [0.2, 0.25) is 0 Å². The maximum absolute atomic E-state index is 15.2. The maximum atomic E-state index is 15.2. The number of nitrogens with zero attached hydrogens (tertiary/aromatic N) is 4. The van der Waals surface area contributed by atoms with Crippen LogP contribution in [0.1, 0.15) is 37.4 Å². The van der Waals surface area contributed by atoms with Gasteiger partial charge in [-0.1, -0.05) is 12.1 Å². The fourth-order valence-corrected chi connectivity index (χ4v) is 6.18. The van der Waals surface area contributed by atoms with Crippen LogP contribution >= 0.6 is 0 Å². The number of aromatic nitrogens is 3. The molecule has 0 unspecified atom stereocenters. The number of hydrogen-bond donors (Lipinski definition) is 3. The summed E-state index contributed by atoms with van der Waals surface area (Å²) in [6, 6.07) is 10.2. The van der Waals surface area contributed by atoms with Crippen LogP contribution in [0.25, 0.3) is 22.2 Å². The van der Waals surface area contributed by atoms with Crippen molar-refractivity contribution in [2.75, 3.05) is 23.1 Å². The molecule has 0 aliphatic carbocycles. The van der Waals surface area contributed by atoms with Gasteiger partial charge in [-0.3, -0.25) is 14.1 Å². The second-order valence-electron chi connectivity index (χ2n) is 10.6. The van der Waals surface area contributed by atoms with E-state index in [-0.39, 0.29) is 41.7 Å². The first-order valence-corrected chi connectivity index (χ1v) is 15.1. The molecule has 0 saturated carbocycles. The number of sulfonamides is 1. The molecule has 0 bridgehead atoms. The lowest BCUT2D eigenvalue weighted by Gasteiger charge is -2.26. The summed E-state index contributed by atoms with van der Waals surface area (Å²) in [4.78, 5) is 22.4. The van der Waals surface area contributed by atoms with Gasteiger partial charge < -0.3 is 10.6 Å². The molecule has 1 aliphatic heterocycles. The number of benzene rings is 2. The molecule has 1 aliphatic rings. The normalized spacial score (nSPS) is 17.1. The van der Waals surface area contributed by atoms with Gasteiger partial charge in [-0.15, -0.1) is 0 Å². The zero-order chi connectivity index (χ0) is 30.9. The summed E-state index contributed by atoms with van der Waals surface area (Å²) in [7, 11) is -4.23. The fourth-order valence-electron chi connectivity index (χ4n) is 4.97. The van der Waals surface area contributed by atoms with Crippen molar-refractivity contribution >= 4 is 32.7 Å². The van der Waals surface area contributed by atoms with Crippen molar-refractivity contribution in [2.45, 2.75) is 44.3 Å². The Morgan fingerprint density at radius 1 is 1.14 bits per heavy atom. The van der Waals surface area contributed by atoms with Gasteiger partial charge in [-0.2, -0.15) is 10.2 Å². The van der Waals surface area contributed by atoms with Gasteiger partial charge in [-0.05, 0) is 55.3 Å². The van der Waals surface area contributed by atoms with E-state index in [1.165, 1.54) is 41.1 Å². The molecular formula is C29H28F3N7O3S. The first-order chi connectivity index (χ1) is 20.4. The minimum atomic E-state index is -4.23. The Hall–Kier alpha value is -4.48. The molecule has 3 heterocycles. The summed E-state index contributed by atoms with van der Waals surface area (Å²) >= 11 is 0. The molecule has 0 spiro atoms. The molecular weight excluding hydrogens is 583 g/mol. The Morgan fingerprint density at radius 2 is 1.84 bits per heavy atom. The van der Waals surface area contributed by atoms with Crippen molar-refractivity contribution in [3.63, 3.8) is 0 Å². The first-order valence-electron chi connectivity index (χ1n) is 13.5. The molecule has 2 aromatic heterocycles. The van der Waals surface area contributed by atoms with Crippen LogP contribution in [-0.2, 0) is 15.8 Å². The molecule has 1 saturated heterocycles. The third-order valence-corrected chi connectivity index (χ3v) is 8.20. The van der Waals surface area contributed by atoms with Crippen LogP contribution in [0.5, 0.6) is 0 Å². The van der Waals surface area contributed by atoms with Gasteiger partial charge in [0.2, 0.25) is 16.0 Å². The monoisotopic (exact) mass is 611 g/mol. The van der Waals surface area contributed by atoms with E-state index in [0.29, 0.717) is 23.1 Å². The van der Waals surface area contributed by atoms with Crippen LogP contribution in [0.4, 0.5) is 24.8 Å². The number of halogens is 3. The van der Waals surface area contributed by atoms with Crippen LogP contribution < -0.4 is 20.9 Å². The SMILES string of the molecule is CC(C)n1c(=O)c(-c2cc(F)c(NS(=O)(=O)Cc3ccc(C#N)cc3)c(F)c2)cc2cnc(N[C@@H]3CNC[C@@H](F)C3)nc21. The van der Waals surface area contributed by atoms with Crippen LogP contribution in [0, 0.1) is 23.0 Å².